The number of benzene rings is 2. The van der Waals surface area contributed by atoms with E-state index in [0.717, 1.165) is 17.0 Å². The molecular formula is C19H17F2N3O3. The van der Waals surface area contributed by atoms with Crippen molar-refractivity contribution >= 4 is 23.5 Å². The lowest BCUT2D eigenvalue weighted by atomic mass is 9.87. The molecule has 0 aliphatic carbocycles. The largest absolute Gasteiger partial charge is 0.325 e. The smallest absolute Gasteiger partial charge is 0.324 e. The second-order valence-corrected chi connectivity index (χ2v) is 6.15. The molecule has 0 bridgehead atoms. The fraction of sp³-hybridized carbons (Fsp3) is 0.211. The molecule has 1 atom stereocenters. The van der Waals surface area contributed by atoms with Gasteiger partial charge in [0, 0.05) is 11.8 Å². The maximum atomic E-state index is 13.2. The van der Waals surface area contributed by atoms with Gasteiger partial charge in [-0.05, 0) is 24.1 Å². The molecule has 1 unspecified atom stereocenters. The van der Waals surface area contributed by atoms with E-state index in [-0.39, 0.29) is 5.69 Å². The van der Waals surface area contributed by atoms with Crippen molar-refractivity contribution in [1.29, 1.82) is 0 Å². The van der Waals surface area contributed by atoms with Crippen LogP contribution in [0.2, 0.25) is 0 Å². The Hall–Kier alpha value is -3.29. The molecule has 1 saturated heterocycles. The summed E-state index contributed by atoms with van der Waals surface area (Å²) in [6.45, 7) is 1.18. The molecule has 2 aromatic carbocycles. The van der Waals surface area contributed by atoms with Crippen molar-refractivity contribution in [3.05, 3.63) is 65.7 Å². The molecule has 1 aliphatic heterocycles. The first-order valence-electron chi connectivity index (χ1n) is 8.31. The maximum Gasteiger partial charge on any atom is 0.325 e. The van der Waals surface area contributed by atoms with Crippen molar-refractivity contribution in [2.45, 2.75) is 18.9 Å². The number of halogens is 2. The third-order valence-corrected chi connectivity index (χ3v) is 4.42. The van der Waals surface area contributed by atoms with Gasteiger partial charge in [0.15, 0.2) is 0 Å². The second-order valence-electron chi connectivity index (χ2n) is 6.15. The van der Waals surface area contributed by atoms with Crippen LogP contribution in [0, 0.1) is 11.6 Å². The molecule has 1 heterocycles. The molecule has 1 fully saturated rings. The Labute approximate surface area is 154 Å². The first-order valence-corrected chi connectivity index (χ1v) is 8.31. The molecular weight excluding hydrogens is 356 g/mol. The number of hydrogen-bond acceptors (Lipinski definition) is 3. The summed E-state index contributed by atoms with van der Waals surface area (Å²) >= 11 is 0. The first kappa shape index (κ1) is 18.5. The predicted octanol–water partition coefficient (Wildman–Crippen LogP) is 2.76. The number of nitrogens with zero attached hydrogens (tertiary/aromatic N) is 1. The van der Waals surface area contributed by atoms with Gasteiger partial charge in [-0.15, -0.1) is 0 Å². The Balaban J connectivity index is 1.78. The van der Waals surface area contributed by atoms with Gasteiger partial charge in [0.2, 0.25) is 5.91 Å². The molecule has 0 spiro atoms. The summed E-state index contributed by atoms with van der Waals surface area (Å²) in [7, 11) is 0. The van der Waals surface area contributed by atoms with Crippen molar-refractivity contribution in [2.24, 2.45) is 0 Å². The van der Waals surface area contributed by atoms with E-state index in [4.69, 9.17) is 0 Å². The number of carbonyl (C=O) groups is 3. The number of rotatable bonds is 5. The highest BCUT2D eigenvalue weighted by Gasteiger charge is 2.51. The summed E-state index contributed by atoms with van der Waals surface area (Å²) in [5.74, 6) is -3.01. The van der Waals surface area contributed by atoms with Crippen molar-refractivity contribution in [1.82, 2.24) is 10.2 Å². The summed E-state index contributed by atoms with van der Waals surface area (Å²) < 4.78 is 26.4. The Bertz CT molecular complexity index is 884. The second kappa shape index (κ2) is 7.14. The molecule has 2 N–H and O–H groups in total. The normalized spacial score (nSPS) is 19.1. The van der Waals surface area contributed by atoms with Gasteiger partial charge in [0.05, 0.1) is 0 Å². The van der Waals surface area contributed by atoms with Crippen LogP contribution >= 0.6 is 0 Å². The van der Waals surface area contributed by atoms with Gasteiger partial charge in [-0.2, -0.15) is 0 Å². The number of urea groups is 1. The number of nitrogens with one attached hydrogen (secondary N) is 2. The minimum atomic E-state index is -1.25. The number of hydrogen-bond donors (Lipinski definition) is 2. The topological polar surface area (TPSA) is 78.5 Å². The molecule has 4 amide bonds. The van der Waals surface area contributed by atoms with Gasteiger partial charge < -0.3 is 10.6 Å². The average Bonchev–Trinajstić information content (AvgIpc) is 2.86. The van der Waals surface area contributed by atoms with Crippen LogP contribution in [0.4, 0.5) is 19.3 Å². The van der Waals surface area contributed by atoms with Gasteiger partial charge in [0.25, 0.3) is 5.91 Å². The highest BCUT2D eigenvalue weighted by atomic mass is 19.1. The average molecular weight is 373 g/mol. The first-order chi connectivity index (χ1) is 12.9. The van der Waals surface area contributed by atoms with Crippen LogP contribution in [0.1, 0.15) is 18.9 Å². The Morgan fingerprint density at radius 3 is 2.33 bits per heavy atom. The fourth-order valence-corrected chi connectivity index (χ4v) is 3.10. The lowest BCUT2D eigenvalue weighted by Crippen LogP contribution is -2.44. The summed E-state index contributed by atoms with van der Waals surface area (Å²) in [5, 5.41) is 4.94. The standard InChI is InChI=1S/C19H17F2N3O3/c1-2-19(12-6-4-3-5-7-12)17(26)24(18(27)23-19)11-16(25)22-15-9-13(20)8-14(21)10-15/h3-10H,2,11H2,1H3,(H,22,25)(H,23,27). The number of amides is 4. The third kappa shape index (κ3) is 3.51. The maximum absolute atomic E-state index is 13.2. The molecule has 0 radical (unpaired) electrons. The van der Waals surface area contributed by atoms with Crippen LogP contribution in [0.5, 0.6) is 0 Å². The van der Waals surface area contributed by atoms with Crippen molar-refractivity contribution < 1.29 is 23.2 Å². The van der Waals surface area contributed by atoms with E-state index in [9.17, 15) is 23.2 Å². The van der Waals surface area contributed by atoms with Gasteiger partial charge >= 0.3 is 6.03 Å². The Kier molecular flexibility index (Phi) is 4.89. The highest BCUT2D eigenvalue weighted by Crippen LogP contribution is 2.32. The molecule has 0 saturated carbocycles. The van der Waals surface area contributed by atoms with Crippen LogP contribution in [-0.4, -0.2) is 29.3 Å². The zero-order valence-corrected chi connectivity index (χ0v) is 14.5. The molecule has 0 aromatic heterocycles. The van der Waals surface area contributed by atoms with Crippen LogP contribution < -0.4 is 10.6 Å². The van der Waals surface area contributed by atoms with Crippen LogP contribution in [-0.2, 0) is 15.1 Å². The quantitative estimate of drug-likeness (QED) is 0.791. The third-order valence-electron chi connectivity index (χ3n) is 4.42. The van der Waals surface area contributed by atoms with Crippen LogP contribution in [0.3, 0.4) is 0 Å². The van der Waals surface area contributed by atoms with Crippen LogP contribution in [0.15, 0.2) is 48.5 Å². The van der Waals surface area contributed by atoms with E-state index in [1.165, 1.54) is 0 Å². The minimum Gasteiger partial charge on any atom is -0.324 e. The zero-order chi connectivity index (χ0) is 19.6. The Morgan fingerprint density at radius 2 is 1.74 bits per heavy atom. The van der Waals surface area contributed by atoms with Gasteiger partial charge in [0.1, 0.15) is 23.7 Å². The van der Waals surface area contributed by atoms with Crippen LogP contribution in [0.25, 0.3) is 0 Å². The molecule has 3 rings (SSSR count). The molecule has 8 heteroatoms. The summed E-state index contributed by atoms with van der Waals surface area (Å²) in [6, 6.07) is 10.6. The van der Waals surface area contributed by atoms with Gasteiger partial charge in [-0.3, -0.25) is 14.5 Å². The Morgan fingerprint density at radius 1 is 1.11 bits per heavy atom. The molecule has 1 aliphatic rings. The van der Waals surface area contributed by atoms with E-state index in [1.807, 2.05) is 0 Å². The molecule has 6 nitrogen and oxygen atoms in total. The van der Waals surface area contributed by atoms with Crippen molar-refractivity contribution in [2.75, 3.05) is 11.9 Å². The van der Waals surface area contributed by atoms with Crippen molar-refractivity contribution in [3.63, 3.8) is 0 Å². The van der Waals surface area contributed by atoms with Gasteiger partial charge in [-0.25, -0.2) is 13.6 Å². The summed E-state index contributed by atoms with van der Waals surface area (Å²) in [6.07, 6.45) is 0.300. The van der Waals surface area contributed by atoms with E-state index < -0.39 is 41.6 Å². The van der Waals surface area contributed by atoms with E-state index in [2.05, 4.69) is 10.6 Å². The number of anilines is 1. The van der Waals surface area contributed by atoms with Crippen molar-refractivity contribution in [3.8, 4) is 0 Å². The van der Waals surface area contributed by atoms with E-state index in [0.29, 0.717) is 18.1 Å². The molecule has 140 valence electrons. The SMILES string of the molecule is CCC1(c2ccccc2)NC(=O)N(CC(=O)Nc2cc(F)cc(F)c2)C1=O. The minimum absolute atomic E-state index is 0.102. The highest BCUT2D eigenvalue weighted by molar-refractivity contribution is 6.10. The monoisotopic (exact) mass is 373 g/mol. The number of carbonyl (C=O) groups excluding carboxylic acids is 3. The fourth-order valence-electron chi connectivity index (χ4n) is 3.10. The summed E-state index contributed by atoms with van der Waals surface area (Å²) in [4.78, 5) is 38.2. The number of imide groups is 1. The zero-order valence-electron chi connectivity index (χ0n) is 14.5. The van der Waals surface area contributed by atoms with E-state index >= 15 is 0 Å². The lowest BCUT2D eigenvalue weighted by Gasteiger charge is -2.25. The molecule has 2 aromatic rings. The lowest BCUT2D eigenvalue weighted by molar-refractivity contribution is -0.134. The predicted molar refractivity (Wildman–Crippen MR) is 93.6 cm³/mol. The molecule has 27 heavy (non-hydrogen) atoms. The van der Waals surface area contributed by atoms with Gasteiger partial charge in [-0.1, -0.05) is 37.3 Å². The van der Waals surface area contributed by atoms with E-state index in [1.54, 1.807) is 37.3 Å². The summed E-state index contributed by atoms with van der Waals surface area (Å²) in [5.41, 5.74) is -0.737.